The van der Waals surface area contributed by atoms with Gasteiger partial charge in [-0.3, -0.25) is 4.79 Å². The first kappa shape index (κ1) is 9.62. The molecule has 2 atom stereocenters. The van der Waals surface area contributed by atoms with Crippen LogP contribution in [0.2, 0.25) is 0 Å². The highest BCUT2D eigenvalue weighted by molar-refractivity contribution is 5.79. The highest BCUT2D eigenvalue weighted by Gasteiger charge is 2.37. The first-order valence-corrected chi connectivity index (χ1v) is 4.90. The molecule has 0 N–H and O–H groups in total. The number of carbonyl (C=O) groups excluding carboxylic acids is 1. The van der Waals surface area contributed by atoms with Crippen LogP contribution in [0.15, 0.2) is 12.2 Å². The number of amides is 1. The molecular formula is C10H13F2NO. The predicted molar refractivity (Wildman–Crippen MR) is 47.9 cm³/mol. The van der Waals surface area contributed by atoms with Gasteiger partial charge in [0.25, 0.3) is 5.91 Å². The van der Waals surface area contributed by atoms with Gasteiger partial charge in [0, 0.05) is 13.1 Å². The van der Waals surface area contributed by atoms with E-state index in [0.717, 1.165) is 12.8 Å². The third-order valence-electron chi connectivity index (χ3n) is 3.12. The van der Waals surface area contributed by atoms with Gasteiger partial charge in [-0.25, -0.2) is 0 Å². The van der Waals surface area contributed by atoms with Crippen LogP contribution in [0.25, 0.3) is 0 Å². The summed E-state index contributed by atoms with van der Waals surface area (Å²) in [6.45, 7) is 1.02. The third kappa shape index (κ3) is 1.65. The second kappa shape index (κ2) is 3.67. The van der Waals surface area contributed by atoms with Crippen LogP contribution >= 0.6 is 0 Å². The van der Waals surface area contributed by atoms with E-state index in [-0.39, 0.29) is 0 Å². The van der Waals surface area contributed by atoms with Crippen molar-refractivity contribution in [2.75, 3.05) is 13.1 Å². The third-order valence-corrected chi connectivity index (χ3v) is 3.12. The van der Waals surface area contributed by atoms with Crippen molar-refractivity contribution in [1.82, 2.24) is 4.90 Å². The van der Waals surface area contributed by atoms with Crippen molar-refractivity contribution in [1.29, 1.82) is 0 Å². The number of allylic oxidation sites excluding steroid dienone is 2. The molecule has 0 radical (unpaired) electrons. The molecule has 2 aliphatic rings. The smallest absolute Gasteiger partial charge is 0.315 e. The van der Waals surface area contributed by atoms with E-state index >= 15 is 0 Å². The lowest BCUT2D eigenvalue weighted by Gasteiger charge is -2.17. The van der Waals surface area contributed by atoms with Crippen molar-refractivity contribution in [2.45, 2.75) is 19.3 Å². The van der Waals surface area contributed by atoms with Gasteiger partial charge >= 0.3 is 6.43 Å². The molecule has 78 valence electrons. The summed E-state index contributed by atoms with van der Waals surface area (Å²) >= 11 is 0. The van der Waals surface area contributed by atoms with Gasteiger partial charge in [-0.2, -0.15) is 8.78 Å². The molecule has 0 bridgehead atoms. The Balaban J connectivity index is 1.98. The van der Waals surface area contributed by atoms with Crippen molar-refractivity contribution in [2.24, 2.45) is 11.8 Å². The van der Waals surface area contributed by atoms with Crippen molar-refractivity contribution in [3.05, 3.63) is 12.2 Å². The number of rotatable bonds is 1. The molecule has 2 unspecified atom stereocenters. The predicted octanol–water partition coefficient (Wildman–Crippen LogP) is 1.68. The van der Waals surface area contributed by atoms with Gasteiger partial charge in [0.2, 0.25) is 0 Å². The minimum absolute atomic E-state index is 0.405. The Bertz CT molecular complexity index is 249. The van der Waals surface area contributed by atoms with Crippen LogP contribution in [0, 0.1) is 11.8 Å². The monoisotopic (exact) mass is 201 g/mol. The maximum Gasteiger partial charge on any atom is 0.315 e. The molecule has 0 saturated carbocycles. The number of fused-ring (bicyclic) bond motifs is 1. The molecule has 0 aromatic rings. The lowest BCUT2D eigenvalue weighted by atomic mass is 9.86. The summed E-state index contributed by atoms with van der Waals surface area (Å²) in [6.07, 6.45) is 3.17. The van der Waals surface area contributed by atoms with E-state index in [1.54, 1.807) is 0 Å². The molecule has 1 aliphatic heterocycles. The van der Waals surface area contributed by atoms with Gasteiger partial charge in [-0.1, -0.05) is 12.2 Å². The fraction of sp³-hybridized carbons (Fsp3) is 0.700. The zero-order chi connectivity index (χ0) is 10.1. The number of hydrogen-bond donors (Lipinski definition) is 0. The van der Waals surface area contributed by atoms with Gasteiger partial charge < -0.3 is 4.90 Å². The van der Waals surface area contributed by atoms with Crippen LogP contribution in [0.5, 0.6) is 0 Å². The van der Waals surface area contributed by atoms with Gasteiger partial charge in [0.1, 0.15) is 0 Å². The van der Waals surface area contributed by atoms with Gasteiger partial charge in [0.05, 0.1) is 0 Å². The van der Waals surface area contributed by atoms with Crippen molar-refractivity contribution >= 4 is 5.91 Å². The maximum absolute atomic E-state index is 12.2. The summed E-state index contributed by atoms with van der Waals surface area (Å²) in [5.41, 5.74) is 0. The topological polar surface area (TPSA) is 20.3 Å². The Morgan fingerprint density at radius 1 is 1.21 bits per heavy atom. The molecule has 0 spiro atoms. The largest absolute Gasteiger partial charge is 0.337 e. The average Bonchev–Trinajstić information content (AvgIpc) is 2.59. The van der Waals surface area contributed by atoms with E-state index in [4.69, 9.17) is 0 Å². The van der Waals surface area contributed by atoms with Crippen molar-refractivity contribution in [3.63, 3.8) is 0 Å². The second-order valence-electron chi connectivity index (χ2n) is 4.01. The minimum atomic E-state index is -2.84. The van der Waals surface area contributed by atoms with Crippen LogP contribution < -0.4 is 0 Å². The Kier molecular flexibility index (Phi) is 2.52. The summed E-state index contributed by atoms with van der Waals surface area (Å²) in [6, 6.07) is 0. The Labute approximate surface area is 81.6 Å². The van der Waals surface area contributed by atoms with E-state index in [1.165, 1.54) is 4.90 Å². The number of alkyl halides is 2. The van der Waals surface area contributed by atoms with Gasteiger partial charge in [-0.05, 0) is 24.7 Å². The van der Waals surface area contributed by atoms with E-state index < -0.39 is 12.3 Å². The lowest BCUT2D eigenvalue weighted by molar-refractivity contribution is -0.141. The first-order valence-electron chi connectivity index (χ1n) is 4.90. The molecule has 1 aliphatic carbocycles. The molecule has 2 nitrogen and oxygen atoms in total. The highest BCUT2D eigenvalue weighted by Crippen LogP contribution is 2.33. The maximum atomic E-state index is 12.2. The van der Waals surface area contributed by atoms with Crippen molar-refractivity contribution in [3.8, 4) is 0 Å². The van der Waals surface area contributed by atoms with E-state index in [2.05, 4.69) is 12.2 Å². The SMILES string of the molecule is O=C(C(F)F)N1CC2CC=CCC2C1. The standard InChI is InChI=1S/C10H13F2NO/c11-9(12)10(14)13-5-7-3-1-2-4-8(7)6-13/h1-2,7-9H,3-6H2. The quantitative estimate of drug-likeness (QED) is 0.591. The second-order valence-corrected chi connectivity index (χ2v) is 4.01. The molecular weight excluding hydrogens is 188 g/mol. The molecule has 1 amide bonds. The van der Waals surface area contributed by atoms with Crippen LogP contribution in [0.1, 0.15) is 12.8 Å². The fourth-order valence-electron chi connectivity index (χ4n) is 2.33. The summed E-state index contributed by atoms with van der Waals surface area (Å²) < 4.78 is 24.3. The van der Waals surface area contributed by atoms with Crippen LogP contribution in [-0.4, -0.2) is 30.3 Å². The van der Waals surface area contributed by atoms with Gasteiger partial charge in [-0.15, -0.1) is 0 Å². The Hall–Kier alpha value is -0.930. The molecule has 14 heavy (non-hydrogen) atoms. The number of halogens is 2. The zero-order valence-electron chi connectivity index (χ0n) is 7.83. The Morgan fingerprint density at radius 3 is 2.14 bits per heavy atom. The van der Waals surface area contributed by atoms with Crippen LogP contribution in [0.4, 0.5) is 8.78 Å². The first-order chi connectivity index (χ1) is 6.68. The van der Waals surface area contributed by atoms with E-state index in [9.17, 15) is 13.6 Å². The number of nitrogens with zero attached hydrogens (tertiary/aromatic N) is 1. The zero-order valence-corrected chi connectivity index (χ0v) is 7.83. The van der Waals surface area contributed by atoms with E-state index in [1.807, 2.05) is 0 Å². The number of hydrogen-bond acceptors (Lipinski definition) is 1. The molecule has 1 saturated heterocycles. The molecule has 2 rings (SSSR count). The summed E-state index contributed by atoms with van der Waals surface area (Å²) in [7, 11) is 0. The molecule has 0 aromatic carbocycles. The average molecular weight is 201 g/mol. The Morgan fingerprint density at radius 2 is 1.71 bits per heavy atom. The molecule has 0 aromatic heterocycles. The number of carbonyl (C=O) groups is 1. The molecule has 1 fully saturated rings. The van der Waals surface area contributed by atoms with Crippen molar-refractivity contribution < 1.29 is 13.6 Å². The normalized spacial score (nSPS) is 30.9. The summed E-state index contributed by atoms with van der Waals surface area (Å²) in [5.74, 6) is -0.190. The van der Waals surface area contributed by atoms with Gasteiger partial charge in [0.15, 0.2) is 0 Å². The molecule has 1 heterocycles. The summed E-state index contributed by atoms with van der Waals surface area (Å²) in [5, 5.41) is 0. The number of likely N-dealkylation sites (tertiary alicyclic amines) is 1. The fourth-order valence-corrected chi connectivity index (χ4v) is 2.33. The highest BCUT2D eigenvalue weighted by atomic mass is 19.3. The minimum Gasteiger partial charge on any atom is -0.337 e. The molecule has 4 heteroatoms. The van der Waals surface area contributed by atoms with Crippen LogP contribution in [0.3, 0.4) is 0 Å². The van der Waals surface area contributed by atoms with Crippen LogP contribution in [-0.2, 0) is 4.79 Å². The summed E-state index contributed by atoms with van der Waals surface area (Å²) in [4.78, 5) is 12.4. The van der Waals surface area contributed by atoms with E-state index in [0.29, 0.717) is 24.9 Å². The lowest BCUT2D eigenvalue weighted by Crippen LogP contribution is -2.33.